The first-order valence-electron chi connectivity index (χ1n) is 5.39. The number of ketones is 1. The molecule has 0 aliphatic heterocycles. The normalized spacial score (nSPS) is 10.5. The van der Waals surface area contributed by atoms with Crippen molar-refractivity contribution in [1.29, 1.82) is 0 Å². The topological polar surface area (TPSA) is 17.1 Å². The van der Waals surface area contributed by atoms with Gasteiger partial charge in [-0.05, 0) is 35.9 Å². The largest absolute Gasteiger partial charge is 0.294 e. The van der Waals surface area contributed by atoms with Gasteiger partial charge in [0.05, 0.1) is 5.02 Å². The summed E-state index contributed by atoms with van der Waals surface area (Å²) in [5.41, 5.74) is 0.902. The zero-order valence-electron chi connectivity index (χ0n) is 9.59. The van der Waals surface area contributed by atoms with Gasteiger partial charge in [0.1, 0.15) is 5.82 Å². The Hall–Kier alpha value is -1.09. The fraction of sp³-hybridized carbons (Fsp3) is 0.0714. The van der Waals surface area contributed by atoms with E-state index in [1.165, 1.54) is 12.1 Å². The molecule has 0 aliphatic rings. The average Bonchev–Trinajstić information content (AvgIpc) is 2.36. The van der Waals surface area contributed by atoms with Crippen LogP contribution in [-0.2, 0) is 6.42 Å². The first-order chi connectivity index (χ1) is 8.97. The number of carbonyl (C=O) groups is 1. The van der Waals surface area contributed by atoms with Crippen LogP contribution < -0.4 is 0 Å². The Balaban J connectivity index is 2.23. The molecule has 0 unspecified atom stereocenters. The molecule has 0 saturated heterocycles. The Labute approximate surface area is 124 Å². The number of hydrogen-bond donors (Lipinski definition) is 0. The first-order valence-corrected chi connectivity index (χ1v) is 6.53. The summed E-state index contributed by atoms with van der Waals surface area (Å²) in [6.07, 6.45) is 0.0804. The number of halogens is 4. The molecule has 0 fully saturated rings. The van der Waals surface area contributed by atoms with E-state index in [1.807, 2.05) is 0 Å². The third-order valence-electron chi connectivity index (χ3n) is 2.61. The van der Waals surface area contributed by atoms with Gasteiger partial charge in [0.2, 0.25) is 0 Å². The Kier molecular flexibility index (Phi) is 4.46. The molecule has 1 nitrogen and oxygen atoms in total. The standard InChI is InChI=1S/C14H8Cl3FO/c15-10-3-1-8(12(17)7-10)6-14(19)9-2-4-11(16)13(18)5-9/h1-5,7H,6H2. The quantitative estimate of drug-likeness (QED) is 0.710. The monoisotopic (exact) mass is 316 g/mol. The van der Waals surface area contributed by atoms with Crippen LogP contribution in [-0.4, -0.2) is 5.78 Å². The molecule has 0 spiro atoms. The Morgan fingerprint density at radius 1 is 1.00 bits per heavy atom. The summed E-state index contributed by atoms with van der Waals surface area (Å²) in [4.78, 5) is 12.0. The van der Waals surface area contributed by atoms with Crippen molar-refractivity contribution in [1.82, 2.24) is 0 Å². The van der Waals surface area contributed by atoms with Crippen LogP contribution in [0.2, 0.25) is 15.1 Å². The highest BCUT2D eigenvalue weighted by molar-refractivity contribution is 6.35. The lowest BCUT2D eigenvalue weighted by Crippen LogP contribution is -2.04. The Bertz CT molecular complexity index is 641. The summed E-state index contributed by atoms with van der Waals surface area (Å²) in [5, 5.41) is 0.898. The summed E-state index contributed by atoms with van der Waals surface area (Å²) in [5.74, 6) is -0.852. The van der Waals surface area contributed by atoms with Crippen LogP contribution in [0, 0.1) is 5.82 Å². The minimum Gasteiger partial charge on any atom is -0.294 e. The van der Waals surface area contributed by atoms with Gasteiger partial charge in [-0.15, -0.1) is 0 Å². The molecule has 0 aromatic heterocycles. The predicted molar refractivity (Wildman–Crippen MR) is 75.9 cm³/mol. The van der Waals surface area contributed by atoms with Gasteiger partial charge in [-0.2, -0.15) is 0 Å². The van der Waals surface area contributed by atoms with Gasteiger partial charge in [-0.1, -0.05) is 40.9 Å². The molecular formula is C14H8Cl3FO. The summed E-state index contributed by atoms with van der Waals surface area (Å²) in [6, 6.07) is 8.85. The molecule has 0 N–H and O–H groups in total. The highest BCUT2D eigenvalue weighted by Crippen LogP contribution is 2.23. The van der Waals surface area contributed by atoms with Crippen molar-refractivity contribution in [3.8, 4) is 0 Å². The number of benzene rings is 2. The van der Waals surface area contributed by atoms with E-state index in [9.17, 15) is 9.18 Å². The van der Waals surface area contributed by atoms with Crippen LogP contribution in [0.3, 0.4) is 0 Å². The summed E-state index contributed by atoms with van der Waals surface area (Å²) < 4.78 is 13.3. The van der Waals surface area contributed by atoms with Crippen molar-refractivity contribution in [2.75, 3.05) is 0 Å². The fourth-order valence-electron chi connectivity index (χ4n) is 1.61. The van der Waals surface area contributed by atoms with Crippen LogP contribution in [0.1, 0.15) is 15.9 Å². The van der Waals surface area contributed by atoms with E-state index in [2.05, 4.69) is 0 Å². The third-order valence-corrected chi connectivity index (χ3v) is 3.50. The lowest BCUT2D eigenvalue weighted by molar-refractivity contribution is 0.0992. The zero-order chi connectivity index (χ0) is 14.0. The van der Waals surface area contributed by atoms with E-state index in [0.717, 1.165) is 6.07 Å². The highest BCUT2D eigenvalue weighted by atomic mass is 35.5. The van der Waals surface area contributed by atoms with Crippen molar-refractivity contribution in [3.05, 3.63) is 68.4 Å². The summed E-state index contributed by atoms with van der Waals surface area (Å²) in [7, 11) is 0. The average molecular weight is 318 g/mol. The van der Waals surface area contributed by atoms with Crippen LogP contribution in [0.5, 0.6) is 0 Å². The molecular weight excluding hydrogens is 310 g/mol. The van der Waals surface area contributed by atoms with E-state index < -0.39 is 5.82 Å². The maximum atomic E-state index is 13.3. The number of rotatable bonds is 3. The van der Waals surface area contributed by atoms with E-state index in [-0.39, 0.29) is 22.8 Å². The van der Waals surface area contributed by atoms with Gasteiger partial charge in [0.15, 0.2) is 5.78 Å². The van der Waals surface area contributed by atoms with E-state index in [1.54, 1.807) is 18.2 Å². The second-order valence-electron chi connectivity index (χ2n) is 3.96. The maximum absolute atomic E-state index is 13.3. The maximum Gasteiger partial charge on any atom is 0.167 e. The Morgan fingerprint density at radius 3 is 2.37 bits per heavy atom. The number of hydrogen-bond acceptors (Lipinski definition) is 1. The van der Waals surface area contributed by atoms with Crippen molar-refractivity contribution in [2.24, 2.45) is 0 Å². The molecule has 19 heavy (non-hydrogen) atoms. The van der Waals surface area contributed by atoms with Crippen LogP contribution >= 0.6 is 34.8 Å². The van der Waals surface area contributed by atoms with Crippen LogP contribution in [0.4, 0.5) is 4.39 Å². The van der Waals surface area contributed by atoms with E-state index in [4.69, 9.17) is 34.8 Å². The molecule has 98 valence electrons. The number of carbonyl (C=O) groups excluding carboxylic acids is 1. The van der Waals surface area contributed by atoms with Gasteiger partial charge in [-0.3, -0.25) is 4.79 Å². The molecule has 0 bridgehead atoms. The molecule has 2 aromatic rings. The molecule has 2 aromatic carbocycles. The van der Waals surface area contributed by atoms with Gasteiger partial charge in [0, 0.05) is 22.0 Å². The summed E-state index contributed by atoms with van der Waals surface area (Å²) in [6.45, 7) is 0. The fourth-order valence-corrected chi connectivity index (χ4v) is 2.20. The first kappa shape index (κ1) is 14.3. The third kappa shape index (κ3) is 3.47. The second kappa shape index (κ2) is 5.91. The molecule has 2 rings (SSSR count). The van der Waals surface area contributed by atoms with Gasteiger partial charge in [0.25, 0.3) is 0 Å². The van der Waals surface area contributed by atoms with Crippen LogP contribution in [0.15, 0.2) is 36.4 Å². The molecule has 5 heteroatoms. The Morgan fingerprint density at radius 2 is 1.74 bits per heavy atom. The minimum absolute atomic E-state index is 0.0129. The van der Waals surface area contributed by atoms with Crippen molar-refractivity contribution in [2.45, 2.75) is 6.42 Å². The van der Waals surface area contributed by atoms with Gasteiger partial charge >= 0.3 is 0 Å². The number of Topliss-reactive ketones (excluding diaryl/α,β-unsaturated/α-hetero) is 1. The molecule has 0 atom stereocenters. The van der Waals surface area contributed by atoms with Crippen LogP contribution in [0.25, 0.3) is 0 Å². The highest BCUT2D eigenvalue weighted by Gasteiger charge is 2.12. The smallest absolute Gasteiger partial charge is 0.167 e. The molecule has 0 amide bonds. The van der Waals surface area contributed by atoms with E-state index >= 15 is 0 Å². The van der Waals surface area contributed by atoms with Crippen molar-refractivity contribution >= 4 is 40.6 Å². The lowest BCUT2D eigenvalue weighted by Gasteiger charge is -2.05. The van der Waals surface area contributed by atoms with Gasteiger partial charge in [-0.25, -0.2) is 4.39 Å². The molecule has 0 radical (unpaired) electrons. The lowest BCUT2D eigenvalue weighted by atomic mass is 10.0. The second-order valence-corrected chi connectivity index (χ2v) is 5.22. The predicted octanol–water partition coefficient (Wildman–Crippen LogP) is 5.21. The molecule has 0 saturated carbocycles. The van der Waals surface area contributed by atoms with E-state index in [0.29, 0.717) is 15.6 Å². The van der Waals surface area contributed by atoms with Crippen molar-refractivity contribution in [3.63, 3.8) is 0 Å². The molecule has 0 heterocycles. The summed E-state index contributed by atoms with van der Waals surface area (Å²) >= 11 is 17.3. The van der Waals surface area contributed by atoms with Gasteiger partial charge < -0.3 is 0 Å². The SMILES string of the molecule is O=C(Cc1ccc(Cl)cc1Cl)c1ccc(Cl)c(F)c1. The zero-order valence-corrected chi connectivity index (χ0v) is 11.9. The van der Waals surface area contributed by atoms with Crippen molar-refractivity contribution < 1.29 is 9.18 Å². The minimum atomic E-state index is -0.616. The molecule has 0 aliphatic carbocycles.